The maximum absolute atomic E-state index is 6.69. The van der Waals surface area contributed by atoms with Crippen LogP contribution in [0.4, 0.5) is 0 Å². The highest BCUT2D eigenvalue weighted by molar-refractivity contribution is 5.52. The Morgan fingerprint density at radius 2 is 2.00 bits per heavy atom. The molecular formula is C7H13N. The predicted molar refractivity (Wildman–Crippen MR) is 37.4 cm³/mol. The lowest BCUT2D eigenvalue weighted by atomic mass is 10.2. The van der Waals surface area contributed by atoms with Crippen molar-refractivity contribution in [3.8, 4) is 0 Å². The topological polar surface area (TPSA) is 23.9 Å². The second-order valence-electron chi connectivity index (χ2n) is 2.06. The van der Waals surface area contributed by atoms with Crippen LogP contribution in [0.15, 0.2) is 11.6 Å². The van der Waals surface area contributed by atoms with Gasteiger partial charge in [-0.3, -0.25) is 0 Å². The molecule has 0 saturated heterocycles. The minimum atomic E-state index is 0.880. The Morgan fingerprint density at radius 1 is 1.38 bits per heavy atom. The molecule has 1 N–H and O–H groups in total. The highest BCUT2D eigenvalue weighted by atomic mass is 14.3. The Labute approximate surface area is 50.9 Å². The van der Waals surface area contributed by atoms with Crippen LogP contribution < -0.4 is 0 Å². The molecule has 0 heterocycles. The van der Waals surface area contributed by atoms with Gasteiger partial charge in [-0.05, 0) is 32.9 Å². The molecule has 0 rings (SSSR count). The lowest BCUT2D eigenvalue weighted by Crippen LogP contribution is -1.70. The molecule has 0 fully saturated rings. The van der Waals surface area contributed by atoms with E-state index >= 15 is 0 Å². The molecule has 0 amide bonds. The Bertz CT molecular complexity index is 88.6. The standard InChI is InChI=1S/C7H13N/c1-7(2)5-3-4-6-8/h5-6,8H,3-4H2,1-2H3. The van der Waals surface area contributed by atoms with Crippen molar-refractivity contribution >= 4 is 6.21 Å². The fourth-order valence-electron chi connectivity index (χ4n) is 0.455. The van der Waals surface area contributed by atoms with Crippen molar-refractivity contribution in [3.63, 3.8) is 0 Å². The number of rotatable bonds is 3. The molecule has 0 spiro atoms. The minimum Gasteiger partial charge on any atom is -0.313 e. The van der Waals surface area contributed by atoms with E-state index in [2.05, 4.69) is 19.9 Å². The van der Waals surface area contributed by atoms with Crippen LogP contribution in [0.2, 0.25) is 0 Å². The van der Waals surface area contributed by atoms with E-state index in [-0.39, 0.29) is 0 Å². The van der Waals surface area contributed by atoms with E-state index in [1.165, 1.54) is 11.8 Å². The Morgan fingerprint density at radius 3 is 2.38 bits per heavy atom. The van der Waals surface area contributed by atoms with Crippen LogP contribution >= 0.6 is 0 Å². The zero-order valence-electron chi connectivity index (χ0n) is 5.57. The summed E-state index contributed by atoms with van der Waals surface area (Å²) < 4.78 is 0. The van der Waals surface area contributed by atoms with Gasteiger partial charge in [0.15, 0.2) is 0 Å². The van der Waals surface area contributed by atoms with Gasteiger partial charge in [0.05, 0.1) is 0 Å². The van der Waals surface area contributed by atoms with E-state index in [1.807, 2.05) is 0 Å². The lowest BCUT2D eigenvalue weighted by molar-refractivity contribution is 1.08. The summed E-state index contributed by atoms with van der Waals surface area (Å²) in [6, 6.07) is 0. The van der Waals surface area contributed by atoms with Crippen LogP contribution in [0.5, 0.6) is 0 Å². The molecule has 0 saturated carbocycles. The molecule has 0 bridgehead atoms. The van der Waals surface area contributed by atoms with Gasteiger partial charge in [-0.1, -0.05) is 11.6 Å². The zero-order chi connectivity index (χ0) is 6.41. The minimum absolute atomic E-state index is 0.880. The third-order valence-corrected chi connectivity index (χ3v) is 0.864. The summed E-state index contributed by atoms with van der Waals surface area (Å²) in [5.74, 6) is 0. The molecule has 0 aromatic heterocycles. The van der Waals surface area contributed by atoms with Crippen molar-refractivity contribution < 1.29 is 0 Å². The third-order valence-electron chi connectivity index (χ3n) is 0.864. The molecule has 0 aromatic carbocycles. The summed E-state index contributed by atoms with van der Waals surface area (Å²) in [6.07, 6.45) is 5.49. The molecule has 46 valence electrons. The lowest BCUT2D eigenvalue weighted by Gasteiger charge is -1.85. The van der Waals surface area contributed by atoms with Gasteiger partial charge < -0.3 is 5.41 Å². The molecule has 0 aromatic rings. The van der Waals surface area contributed by atoms with Crippen molar-refractivity contribution in [2.24, 2.45) is 0 Å². The molecule has 0 aliphatic rings. The largest absolute Gasteiger partial charge is 0.313 e. The molecule has 1 nitrogen and oxygen atoms in total. The zero-order valence-corrected chi connectivity index (χ0v) is 5.57. The summed E-state index contributed by atoms with van der Waals surface area (Å²) >= 11 is 0. The highest BCUT2D eigenvalue weighted by Gasteiger charge is 1.76. The molecule has 0 aliphatic carbocycles. The van der Waals surface area contributed by atoms with Gasteiger partial charge in [0.25, 0.3) is 0 Å². The fraction of sp³-hybridized carbons (Fsp3) is 0.571. The first-order valence-electron chi connectivity index (χ1n) is 2.89. The monoisotopic (exact) mass is 111 g/mol. The second kappa shape index (κ2) is 4.57. The van der Waals surface area contributed by atoms with E-state index in [4.69, 9.17) is 5.41 Å². The van der Waals surface area contributed by atoms with E-state index in [9.17, 15) is 0 Å². The maximum Gasteiger partial charge on any atom is -0.00447 e. The van der Waals surface area contributed by atoms with E-state index in [0.29, 0.717) is 0 Å². The van der Waals surface area contributed by atoms with Crippen LogP contribution in [0.25, 0.3) is 0 Å². The van der Waals surface area contributed by atoms with Crippen LogP contribution in [0, 0.1) is 5.41 Å². The summed E-state index contributed by atoms with van der Waals surface area (Å²) in [5, 5.41) is 6.69. The maximum atomic E-state index is 6.69. The van der Waals surface area contributed by atoms with Crippen LogP contribution in [-0.2, 0) is 0 Å². The van der Waals surface area contributed by atoms with Crippen molar-refractivity contribution in [3.05, 3.63) is 11.6 Å². The first-order valence-corrected chi connectivity index (χ1v) is 2.89. The second-order valence-corrected chi connectivity index (χ2v) is 2.06. The number of hydrogen-bond donors (Lipinski definition) is 1. The van der Waals surface area contributed by atoms with Gasteiger partial charge in [0.1, 0.15) is 0 Å². The Kier molecular flexibility index (Phi) is 4.23. The molecule has 0 unspecified atom stereocenters. The average molecular weight is 111 g/mol. The summed E-state index contributed by atoms with van der Waals surface area (Å²) in [5.41, 5.74) is 1.34. The number of allylic oxidation sites excluding steroid dienone is 2. The van der Waals surface area contributed by atoms with Crippen molar-refractivity contribution in [2.45, 2.75) is 26.7 Å². The van der Waals surface area contributed by atoms with Gasteiger partial charge in [0.2, 0.25) is 0 Å². The van der Waals surface area contributed by atoms with Crippen LogP contribution in [0.3, 0.4) is 0 Å². The Hall–Kier alpha value is -0.590. The third kappa shape index (κ3) is 5.41. The van der Waals surface area contributed by atoms with Gasteiger partial charge >= 0.3 is 0 Å². The first kappa shape index (κ1) is 7.41. The summed E-state index contributed by atoms with van der Waals surface area (Å²) in [4.78, 5) is 0. The van der Waals surface area contributed by atoms with E-state index < -0.39 is 0 Å². The quantitative estimate of drug-likeness (QED) is 0.328. The number of unbranched alkanes of at least 4 members (excludes halogenated alkanes) is 1. The van der Waals surface area contributed by atoms with Crippen LogP contribution in [0.1, 0.15) is 26.7 Å². The van der Waals surface area contributed by atoms with Gasteiger partial charge in [-0.25, -0.2) is 0 Å². The Balaban J connectivity index is 3.15. The smallest absolute Gasteiger partial charge is 0.00447 e. The molecule has 0 aliphatic heterocycles. The van der Waals surface area contributed by atoms with Crippen LogP contribution in [-0.4, -0.2) is 6.21 Å². The average Bonchev–Trinajstić information content (AvgIpc) is 1.66. The molecular weight excluding hydrogens is 98.1 g/mol. The normalized spacial score (nSPS) is 8.25. The van der Waals surface area contributed by atoms with Crippen molar-refractivity contribution in [2.75, 3.05) is 0 Å². The molecule has 0 atom stereocenters. The first-order chi connectivity index (χ1) is 3.77. The molecule has 0 radical (unpaired) electrons. The molecule has 8 heavy (non-hydrogen) atoms. The number of hydrogen-bond acceptors (Lipinski definition) is 1. The highest BCUT2D eigenvalue weighted by Crippen LogP contribution is 1.93. The summed E-state index contributed by atoms with van der Waals surface area (Å²) in [7, 11) is 0. The predicted octanol–water partition coefficient (Wildman–Crippen LogP) is 2.38. The van der Waals surface area contributed by atoms with Crippen molar-refractivity contribution in [1.82, 2.24) is 0 Å². The molecule has 1 heteroatoms. The van der Waals surface area contributed by atoms with Crippen molar-refractivity contribution in [1.29, 1.82) is 5.41 Å². The van der Waals surface area contributed by atoms with Gasteiger partial charge in [-0.15, -0.1) is 0 Å². The summed E-state index contributed by atoms with van der Waals surface area (Å²) in [6.45, 7) is 4.15. The number of nitrogens with one attached hydrogen (secondary N) is 1. The van der Waals surface area contributed by atoms with Gasteiger partial charge in [-0.2, -0.15) is 0 Å². The van der Waals surface area contributed by atoms with Gasteiger partial charge in [0, 0.05) is 0 Å². The van der Waals surface area contributed by atoms with E-state index in [1.54, 1.807) is 0 Å². The van der Waals surface area contributed by atoms with E-state index in [0.717, 1.165) is 12.8 Å². The SMILES string of the molecule is CC(C)=CCCC=N. The fourth-order valence-corrected chi connectivity index (χ4v) is 0.455.